The van der Waals surface area contributed by atoms with Crippen molar-refractivity contribution in [2.75, 3.05) is 0 Å². The third-order valence-electron chi connectivity index (χ3n) is 1.42. The van der Waals surface area contributed by atoms with Crippen LogP contribution in [-0.2, 0) is 6.42 Å². The van der Waals surface area contributed by atoms with E-state index in [1.54, 1.807) is 12.1 Å². The van der Waals surface area contributed by atoms with Crippen LogP contribution in [0, 0.1) is 5.82 Å². The maximum Gasteiger partial charge on any atom is 0.127 e. The van der Waals surface area contributed by atoms with Crippen LogP contribution in [0.4, 0.5) is 4.39 Å². The van der Waals surface area contributed by atoms with Crippen LogP contribution in [0.2, 0.25) is 5.02 Å². The summed E-state index contributed by atoms with van der Waals surface area (Å²) in [6.07, 6.45) is 0.644. The van der Waals surface area contributed by atoms with Crippen LogP contribution >= 0.6 is 11.6 Å². The van der Waals surface area contributed by atoms with E-state index in [4.69, 9.17) is 11.6 Å². The van der Waals surface area contributed by atoms with E-state index in [1.165, 1.54) is 6.07 Å². The maximum atomic E-state index is 12.8. The minimum absolute atomic E-state index is 0.213. The van der Waals surface area contributed by atoms with E-state index in [1.807, 2.05) is 20.8 Å². The normalized spacial score (nSPS) is 8.75. The molecule has 0 aliphatic rings. The van der Waals surface area contributed by atoms with Crippen molar-refractivity contribution in [2.45, 2.75) is 27.2 Å². The summed E-state index contributed by atoms with van der Waals surface area (Å²) in [7, 11) is 0. The lowest BCUT2D eigenvalue weighted by atomic mass is 10.1. The molecule has 0 heterocycles. The fourth-order valence-electron chi connectivity index (χ4n) is 0.870. The Hall–Kier alpha value is -0.560. The van der Waals surface area contributed by atoms with Gasteiger partial charge in [0.25, 0.3) is 0 Å². The van der Waals surface area contributed by atoms with E-state index < -0.39 is 0 Å². The van der Waals surface area contributed by atoms with Crippen LogP contribution in [0.5, 0.6) is 0 Å². The molecule has 1 rings (SSSR count). The monoisotopic (exact) mass is 188 g/mol. The minimum Gasteiger partial charge on any atom is -0.207 e. The highest BCUT2D eigenvalue weighted by Crippen LogP contribution is 2.18. The van der Waals surface area contributed by atoms with Gasteiger partial charge in [0.1, 0.15) is 5.82 Å². The Morgan fingerprint density at radius 2 is 1.92 bits per heavy atom. The number of hydrogen-bond acceptors (Lipinski definition) is 0. The summed E-state index contributed by atoms with van der Waals surface area (Å²) in [6, 6.07) is 4.73. The number of hydrogen-bond donors (Lipinski definition) is 0. The second kappa shape index (κ2) is 6.01. The Balaban J connectivity index is 0.000000561. The number of rotatable bonds is 1. The lowest BCUT2D eigenvalue weighted by Crippen LogP contribution is -1.87. The fraction of sp³-hybridized carbons (Fsp3) is 0.400. The zero-order chi connectivity index (χ0) is 9.56. The van der Waals surface area contributed by atoms with Crippen LogP contribution < -0.4 is 0 Å². The van der Waals surface area contributed by atoms with Crippen LogP contribution in [0.25, 0.3) is 0 Å². The second-order valence-corrected chi connectivity index (χ2v) is 2.46. The van der Waals surface area contributed by atoms with Gasteiger partial charge >= 0.3 is 0 Å². The average Bonchev–Trinajstić information content (AvgIpc) is 2.08. The molecule has 0 N–H and O–H groups in total. The lowest BCUT2D eigenvalue weighted by molar-refractivity contribution is 0.612. The van der Waals surface area contributed by atoms with E-state index in [0.29, 0.717) is 17.0 Å². The first kappa shape index (κ1) is 11.4. The molecule has 68 valence electrons. The van der Waals surface area contributed by atoms with Crippen molar-refractivity contribution in [3.05, 3.63) is 34.6 Å². The van der Waals surface area contributed by atoms with E-state index in [2.05, 4.69) is 0 Å². The van der Waals surface area contributed by atoms with E-state index >= 15 is 0 Å². The topological polar surface area (TPSA) is 0 Å². The summed E-state index contributed by atoms with van der Waals surface area (Å²) >= 11 is 5.69. The molecule has 0 nitrogen and oxygen atoms in total. The molecule has 0 saturated carbocycles. The van der Waals surface area contributed by atoms with Gasteiger partial charge in [-0.1, -0.05) is 38.4 Å². The van der Waals surface area contributed by atoms with Gasteiger partial charge in [0.15, 0.2) is 0 Å². The third kappa shape index (κ3) is 2.82. The van der Waals surface area contributed by atoms with Gasteiger partial charge in [-0.2, -0.15) is 0 Å². The molecule has 0 bridgehead atoms. The van der Waals surface area contributed by atoms with Gasteiger partial charge < -0.3 is 0 Å². The number of benzene rings is 1. The molecule has 1 aromatic rings. The first-order valence-electron chi connectivity index (χ1n) is 4.18. The molecule has 0 saturated heterocycles. The molecular weight excluding hydrogens is 175 g/mol. The molecule has 0 aromatic heterocycles. The smallest absolute Gasteiger partial charge is 0.127 e. The summed E-state index contributed by atoms with van der Waals surface area (Å²) in [6.45, 7) is 5.88. The van der Waals surface area contributed by atoms with Gasteiger partial charge in [-0.15, -0.1) is 0 Å². The summed E-state index contributed by atoms with van der Waals surface area (Å²) in [4.78, 5) is 0. The second-order valence-electron chi connectivity index (χ2n) is 2.05. The Morgan fingerprint density at radius 1 is 1.33 bits per heavy atom. The molecular formula is C10H14ClF. The quantitative estimate of drug-likeness (QED) is 0.624. The standard InChI is InChI=1S/C8H8ClF.C2H6/c1-2-6-7(9)4-3-5-8(6)10;1-2/h3-5H,2H2,1H3;1-2H3. The Morgan fingerprint density at radius 3 is 2.25 bits per heavy atom. The summed E-state index contributed by atoms with van der Waals surface area (Å²) in [5, 5.41) is 0.516. The van der Waals surface area contributed by atoms with Crippen molar-refractivity contribution in [1.29, 1.82) is 0 Å². The highest BCUT2D eigenvalue weighted by Gasteiger charge is 2.01. The molecule has 2 heteroatoms. The highest BCUT2D eigenvalue weighted by molar-refractivity contribution is 6.31. The predicted molar refractivity (Wildman–Crippen MR) is 52.1 cm³/mol. The number of halogens is 2. The van der Waals surface area contributed by atoms with Crippen molar-refractivity contribution in [3.63, 3.8) is 0 Å². The van der Waals surface area contributed by atoms with Gasteiger partial charge in [0.05, 0.1) is 0 Å². The molecule has 0 radical (unpaired) electrons. The largest absolute Gasteiger partial charge is 0.207 e. The van der Waals surface area contributed by atoms with Gasteiger partial charge in [-0.25, -0.2) is 4.39 Å². The Bertz CT molecular complexity index is 213. The van der Waals surface area contributed by atoms with Crippen LogP contribution in [0.3, 0.4) is 0 Å². The van der Waals surface area contributed by atoms with Crippen LogP contribution in [0.15, 0.2) is 18.2 Å². The Kier molecular flexibility index (Phi) is 5.73. The predicted octanol–water partition coefficient (Wildman–Crippen LogP) is 4.07. The van der Waals surface area contributed by atoms with Gasteiger partial charge in [-0.05, 0) is 18.6 Å². The van der Waals surface area contributed by atoms with Crippen molar-refractivity contribution in [1.82, 2.24) is 0 Å². The minimum atomic E-state index is -0.213. The van der Waals surface area contributed by atoms with Crippen molar-refractivity contribution in [3.8, 4) is 0 Å². The Labute approximate surface area is 78.4 Å². The van der Waals surface area contributed by atoms with Gasteiger partial charge in [0, 0.05) is 10.6 Å². The molecule has 0 atom stereocenters. The molecule has 0 unspecified atom stereocenters. The zero-order valence-corrected chi connectivity index (χ0v) is 8.45. The molecule has 0 aliphatic heterocycles. The zero-order valence-electron chi connectivity index (χ0n) is 7.70. The van der Waals surface area contributed by atoms with E-state index in [0.717, 1.165) is 0 Å². The molecule has 0 aliphatic carbocycles. The molecule has 0 fully saturated rings. The van der Waals surface area contributed by atoms with E-state index in [-0.39, 0.29) is 5.82 Å². The van der Waals surface area contributed by atoms with Crippen molar-refractivity contribution < 1.29 is 4.39 Å². The summed E-state index contributed by atoms with van der Waals surface area (Å²) in [5.74, 6) is -0.213. The molecule has 12 heavy (non-hydrogen) atoms. The van der Waals surface area contributed by atoms with Gasteiger partial charge in [-0.3, -0.25) is 0 Å². The maximum absolute atomic E-state index is 12.8. The fourth-order valence-corrected chi connectivity index (χ4v) is 1.17. The SMILES string of the molecule is CC.CCc1c(F)cccc1Cl. The van der Waals surface area contributed by atoms with Crippen molar-refractivity contribution >= 4 is 11.6 Å². The van der Waals surface area contributed by atoms with Crippen molar-refractivity contribution in [2.24, 2.45) is 0 Å². The van der Waals surface area contributed by atoms with E-state index in [9.17, 15) is 4.39 Å². The van der Waals surface area contributed by atoms with Crippen LogP contribution in [0.1, 0.15) is 26.3 Å². The lowest BCUT2D eigenvalue weighted by Gasteiger charge is -1.99. The van der Waals surface area contributed by atoms with Gasteiger partial charge in [0.2, 0.25) is 0 Å². The first-order valence-corrected chi connectivity index (χ1v) is 4.56. The average molecular weight is 189 g/mol. The third-order valence-corrected chi connectivity index (χ3v) is 1.77. The molecule has 1 aromatic carbocycles. The molecule has 0 amide bonds. The first-order chi connectivity index (χ1) is 5.75. The molecule has 0 spiro atoms. The summed E-state index contributed by atoms with van der Waals surface area (Å²) < 4.78 is 12.8. The van der Waals surface area contributed by atoms with Crippen LogP contribution in [-0.4, -0.2) is 0 Å². The highest BCUT2D eigenvalue weighted by atomic mass is 35.5. The summed E-state index contributed by atoms with van der Waals surface area (Å²) in [5.41, 5.74) is 0.601.